The Morgan fingerprint density at radius 3 is 2.41 bits per heavy atom. The number of nitrogens with zero attached hydrogens (tertiary/aromatic N) is 1. The fourth-order valence-electron chi connectivity index (χ4n) is 1.87. The number of hydrogen-bond acceptors (Lipinski definition) is 4. The molecule has 1 saturated heterocycles. The van der Waals surface area contributed by atoms with Crippen LogP contribution in [-0.2, 0) is 9.53 Å². The van der Waals surface area contributed by atoms with Gasteiger partial charge in [0.2, 0.25) is 0 Å². The number of amides is 1. The van der Waals surface area contributed by atoms with Gasteiger partial charge in [-0.05, 0) is 34.2 Å². The summed E-state index contributed by atoms with van der Waals surface area (Å²) in [6.45, 7) is 5.88. The number of carbonyl (C=O) groups is 2. The molecule has 1 amide bonds. The number of ether oxygens (including phenoxy) is 1. The summed E-state index contributed by atoms with van der Waals surface area (Å²) in [6.07, 6.45) is -0.0904. The Kier molecular flexibility index (Phi) is 3.98. The topological polar surface area (TPSA) is 78.9 Å². The van der Waals surface area contributed by atoms with Crippen molar-refractivity contribution in [3.63, 3.8) is 0 Å². The summed E-state index contributed by atoms with van der Waals surface area (Å²) in [4.78, 5) is 24.1. The third-order valence-electron chi connectivity index (χ3n) is 2.55. The Bertz CT molecular complexity index is 311. The fraction of sp³-hybridized carbons (Fsp3) is 0.818. The molecule has 6 heteroatoms. The molecule has 1 fully saturated rings. The molecular formula is C11H20N2O4. The van der Waals surface area contributed by atoms with Gasteiger partial charge in [-0.25, -0.2) is 4.79 Å². The molecule has 6 nitrogen and oxygen atoms in total. The van der Waals surface area contributed by atoms with Gasteiger partial charge in [-0.2, -0.15) is 0 Å². The molecule has 0 saturated carbocycles. The van der Waals surface area contributed by atoms with Crippen LogP contribution >= 0.6 is 0 Å². The van der Waals surface area contributed by atoms with Gasteiger partial charge in [0.1, 0.15) is 11.6 Å². The van der Waals surface area contributed by atoms with Crippen LogP contribution in [0.5, 0.6) is 0 Å². The molecule has 0 aromatic heterocycles. The lowest BCUT2D eigenvalue weighted by Gasteiger charge is -2.21. The van der Waals surface area contributed by atoms with E-state index < -0.39 is 23.7 Å². The molecule has 17 heavy (non-hydrogen) atoms. The van der Waals surface area contributed by atoms with Gasteiger partial charge in [0.25, 0.3) is 0 Å². The monoisotopic (exact) mass is 244 g/mol. The van der Waals surface area contributed by atoms with Crippen molar-refractivity contribution in [2.45, 2.75) is 44.9 Å². The van der Waals surface area contributed by atoms with Crippen LogP contribution in [0, 0.1) is 0 Å². The van der Waals surface area contributed by atoms with Crippen molar-refractivity contribution < 1.29 is 19.4 Å². The minimum atomic E-state index is -0.860. The Morgan fingerprint density at radius 2 is 2.00 bits per heavy atom. The molecule has 1 aliphatic heterocycles. The van der Waals surface area contributed by atoms with Gasteiger partial charge in [0.15, 0.2) is 0 Å². The first-order valence-corrected chi connectivity index (χ1v) is 5.61. The SMILES string of the molecule is CN1C[C@@H](NC(=O)OC(C)(C)C)C[C@H]1C(=O)O. The summed E-state index contributed by atoms with van der Waals surface area (Å²) in [5.74, 6) is -0.860. The Labute approximate surface area is 101 Å². The maximum atomic E-state index is 11.5. The van der Waals surface area contributed by atoms with Crippen molar-refractivity contribution in [2.24, 2.45) is 0 Å². The number of hydrogen-bond donors (Lipinski definition) is 2. The molecule has 0 bridgehead atoms. The van der Waals surface area contributed by atoms with E-state index in [1.54, 1.807) is 32.7 Å². The van der Waals surface area contributed by atoms with Crippen molar-refractivity contribution in [1.29, 1.82) is 0 Å². The van der Waals surface area contributed by atoms with Crippen LogP contribution in [0.1, 0.15) is 27.2 Å². The van der Waals surface area contributed by atoms with Crippen LogP contribution in [0.25, 0.3) is 0 Å². The number of carbonyl (C=O) groups excluding carboxylic acids is 1. The Hall–Kier alpha value is -1.30. The van der Waals surface area contributed by atoms with E-state index in [0.29, 0.717) is 13.0 Å². The van der Waals surface area contributed by atoms with E-state index in [2.05, 4.69) is 5.32 Å². The molecule has 0 aromatic rings. The molecule has 98 valence electrons. The molecule has 0 aliphatic carbocycles. The predicted octanol–water partition coefficient (Wildman–Crippen LogP) is 0.668. The molecule has 0 radical (unpaired) electrons. The van der Waals surface area contributed by atoms with Gasteiger partial charge < -0.3 is 15.2 Å². The molecule has 0 aromatic carbocycles. The van der Waals surface area contributed by atoms with E-state index >= 15 is 0 Å². The highest BCUT2D eigenvalue weighted by atomic mass is 16.6. The zero-order chi connectivity index (χ0) is 13.2. The maximum absolute atomic E-state index is 11.5. The van der Waals surface area contributed by atoms with E-state index in [-0.39, 0.29) is 6.04 Å². The lowest BCUT2D eigenvalue weighted by atomic mass is 10.2. The van der Waals surface area contributed by atoms with Gasteiger partial charge in [-0.3, -0.25) is 9.69 Å². The minimum Gasteiger partial charge on any atom is -0.480 e. The van der Waals surface area contributed by atoms with Crippen LogP contribution in [0.15, 0.2) is 0 Å². The molecular weight excluding hydrogens is 224 g/mol. The highest BCUT2D eigenvalue weighted by Gasteiger charge is 2.35. The minimum absolute atomic E-state index is 0.170. The number of carboxylic acids is 1. The summed E-state index contributed by atoms with van der Waals surface area (Å²) in [5, 5.41) is 11.6. The number of likely N-dealkylation sites (tertiary alicyclic amines) is 1. The van der Waals surface area contributed by atoms with Crippen molar-refractivity contribution in [1.82, 2.24) is 10.2 Å². The maximum Gasteiger partial charge on any atom is 0.407 e. The van der Waals surface area contributed by atoms with Gasteiger partial charge in [0, 0.05) is 12.6 Å². The summed E-state index contributed by atoms with van der Waals surface area (Å²) in [7, 11) is 1.73. The van der Waals surface area contributed by atoms with Crippen molar-refractivity contribution in [3.05, 3.63) is 0 Å². The molecule has 0 unspecified atom stereocenters. The molecule has 1 rings (SSSR count). The Morgan fingerprint density at radius 1 is 1.41 bits per heavy atom. The second-order valence-corrected chi connectivity index (χ2v) is 5.37. The first-order chi connectivity index (χ1) is 7.69. The zero-order valence-corrected chi connectivity index (χ0v) is 10.7. The predicted molar refractivity (Wildman–Crippen MR) is 61.8 cm³/mol. The van der Waals surface area contributed by atoms with Crippen LogP contribution in [0.4, 0.5) is 4.79 Å². The van der Waals surface area contributed by atoms with Crippen molar-refractivity contribution >= 4 is 12.1 Å². The molecule has 2 N–H and O–H groups in total. The number of carboxylic acid groups (broad SMARTS) is 1. The Balaban J connectivity index is 2.45. The van der Waals surface area contributed by atoms with Crippen molar-refractivity contribution in [2.75, 3.05) is 13.6 Å². The third kappa shape index (κ3) is 4.22. The summed E-state index contributed by atoms with van der Waals surface area (Å²) in [5.41, 5.74) is -0.541. The average molecular weight is 244 g/mol. The average Bonchev–Trinajstić information content (AvgIpc) is 2.42. The second-order valence-electron chi connectivity index (χ2n) is 5.37. The standard InChI is InChI=1S/C11H20N2O4/c1-11(2,3)17-10(16)12-7-5-8(9(14)15)13(4)6-7/h7-8H,5-6H2,1-4H3,(H,12,16)(H,14,15)/t7-,8-/m0/s1. The number of aliphatic carboxylic acids is 1. The van der Waals surface area contributed by atoms with Gasteiger partial charge in [-0.15, -0.1) is 0 Å². The van der Waals surface area contributed by atoms with Gasteiger partial charge in [-0.1, -0.05) is 0 Å². The quantitative estimate of drug-likeness (QED) is 0.746. The normalized spacial score (nSPS) is 25.6. The number of likely N-dealkylation sites (N-methyl/N-ethyl adjacent to an activating group) is 1. The first-order valence-electron chi connectivity index (χ1n) is 5.61. The smallest absolute Gasteiger partial charge is 0.407 e. The highest BCUT2D eigenvalue weighted by molar-refractivity contribution is 5.74. The van der Waals surface area contributed by atoms with E-state index in [0.717, 1.165) is 0 Å². The van der Waals surface area contributed by atoms with Crippen molar-refractivity contribution in [3.8, 4) is 0 Å². The number of alkyl carbamates (subject to hydrolysis) is 1. The van der Waals surface area contributed by atoms with E-state index in [1.165, 1.54) is 0 Å². The van der Waals surface area contributed by atoms with Crippen LogP contribution in [0.2, 0.25) is 0 Å². The summed E-state index contributed by atoms with van der Waals surface area (Å²) < 4.78 is 5.11. The van der Waals surface area contributed by atoms with Gasteiger partial charge >= 0.3 is 12.1 Å². The van der Waals surface area contributed by atoms with E-state index in [4.69, 9.17) is 9.84 Å². The summed E-state index contributed by atoms with van der Waals surface area (Å²) in [6, 6.07) is -0.703. The molecule has 1 heterocycles. The van der Waals surface area contributed by atoms with Crippen LogP contribution in [-0.4, -0.2) is 53.3 Å². The van der Waals surface area contributed by atoms with E-state index in [9.17, 15) is 9.59 Å². The number of rotatable bonds is 2. The summed E-state index contributed by atoms with van der Waals surface area (Å²) >= 11 is 0. The molecule has 0 spiro atoms. The highest BCUT2D eigenvalue weighted by Crippen LogP contribution is 2.16. The second kappa shape index (κ2) is 4.91. The lowest BCUT2D eigenvalue weighted by molar-refractivity contribution is -0.141. The molecule has 2 atom stereocenters. The van der Waals surface area contributed by atoms with E-state index in [1.807, 2.05) is 0 Å². The third-order valence-corrected chi connectivity index (χ3v) is 2.55. The zero-order valence-electron chi connectivity index (χ0n) is 10.7. The van der Waals surface area contributed by atoms with Gasteiger partial charge in [0.05, 0.1) is 0 Å². The first kappa shape index (κ1) is 13.8. The van der Waals surface area contributed by atoms with Crippen LogP contribution < -0.4 is 5.32 Å². The largest absolute Gasteiger partial charge is 0.480 e. The van der Waals surface area contributed by atoms with Crippen LogP contribution in [0.3, 0.4) is 0 Å². The lowest BCUT2D eigenvalue weighted by Crippen LogP contribution is -2.40. The number of nitrogens with one attached hydrogen (secondary N) is 1. The molecule has 1 aliphatic rings. The fourth-order valence-corrected chi connectivity index (χ4v) is 1.87.